The van der Waals surface area contributed by atoms with Crippen LogP contribution in [0.3, 0.4) is 0 Å². The number of halogens is 1. The summed E-state index contributed by atoms with van der Waals surface area (Å²) in [7, 11) is 1.75. The van der Waals surface area contributed by atoms with E-state index in [1.54, 1.807) is 13.3 Å². The fraction of sp³-hybridized carbons (Fsp3) is 0.583. The molecular weight excluding hydrogens is 424 g/mol. The molecule has 2 heterocycles. The summed E-state index contributed by atoms with van der Waals surface area (Å²) in [5.74, 6) is 1.66. The summed E-state index contributed by atoms with van der Waals surface area (Å²) in [5, 5.41) is 11.2. The molecule has 0 aromatic carbocycles. The Hall–Kier alpha value is -1.93. The summed E-state index contributed by atoms with van der Waals surface area (Å²) in [6.45, 7) is 3.65. The molecule has 0 amide bonds. The Labute approximate surface area is 195 Å². The summed E-state index contributed by atoms with van der Waals surface area (Å²) < 4.78 is 5.23. The third-order valence-electron chi connectivity index (χ3n) is 6.41. The molecule has 2 aromatic heterocycles. The lowest BCUT2D eigenvalue weighted by Crippen LogP contribution is -2.42. The van der Waals surface area contributed by atoms with Crippen molar-refractivity contribution in [1.82, 2.24) is 15.3 Å². The van der Waals surface area contributed by atoms with E-state index in [2.05, 4.69) is 27.9 Å². The molecular formula is C24H35ClN6O. The topological polar surface area (TPSA) is 97.1 Å². The maximum Gasteiger partial charge on any atom is 0.126 e. The van der Waals surface area contributed by atoms with Gasteiger partial charge in [0, 0.05) is 49.1 Å². The first-order valence-electron chi connectivity index (χ1n) is 11.6. The van der Waals surface area contributed by atoms with Gasteiger partial charge in [-0.1, -0.05) is 17.7 Å². The number of hydrogen-bond donors (Lipinski definition) is 4. The minimum atomic E-state index is -0.0700. The number of nitrogens with zero attached hydrogens (tertiary/aromatic N) is 2. The van der Waals surface area contributed by atoms with Crippen molar-refractivity contribution in [2.24, 2.45) is 5.73 Å². The molecule has 0 unspecified atom stereocenters. The number of pyridine rings is 2. The van der Waals surface area contributed by atoms with Crippen LogP contribution in [-0.2, 0) is 4.74 Å². The Bertz CT molecular complexity index is 898. The van der Waals surface area contributed by atoms with Gasteiger partial charge < -0.3 is 26.4 Å². The van der Waals surface area contributed by atoms with Crippen LogP contribution in [0, 0.1) is 0 Å². The number of ether oxygens (including phenoxy) is 1. The van der Waals surface area contributed by atoms with E-state index in [1.807, 2.05) is 24.3 Å². The molecule has 0 spiro atoms. The van der Waals surface area contributed by atoms with Gasteiger partial charge in [0.25, 0.3) is 0 Å². The van der Waals surface area contributed by atoms with Gasteiger partial charge in [0.2, 0.25) is 0 Å². The van der Waals surface area contributed by atoms with E-state index >= 15 is 0 Å². The monoisotopic (exact) mass is 458 g/mol. The number of anilines is 2. The van der Waals surface area contributed by atoms with Crippen LogP contribution in [0.5, 0.6) is 0 Å². The van der Waals surface area contributed by atoms with E-state index in [4.69, 9.17) is 27.1 Å². The normalized spacial score (nSPS) is 22.9. The average Bonchev–Trinajstić information content (AvgIpc) is 3.53. The Morgan fingerprint density at radius 2 is 1.94 bits per heavy atom. The summed E-state index contributed by atoms with van der Waals surface area (Å²) in [5.41, 5.74) is 7.82. The van der Waals surface area contributed by atoms with Crippen LogP contribution in [0.15, 0.2) is 30.5 Å². The Balaban J connectivity index is 1.36. The first-order chi connectivity index (χ1) is 15.4. The summed E-state index contributed by atoms with van der Waals surface area (Å²) >= 11 is 6.49. The SMILES string of the molecule is COC[C@@H](C)NC1CCC(Nc2cc(-c3cccc(NCC4(N)CC4)n3)c(Cl)cn2)CC1. The minimum absolute atomic E-state index is 0.0700. The summed E-state index contributed by atoms with van der Waals surface area (Å²) in [4.78, 5) is 9.26. The van der Waals surface area contributed by atoms with E-state index in [9.17, 15) is 0 Å². The standard InChI is InChI=1S/C24H35ClN6O/c1-16(14-32-2)29-17-6-8-18(9-7-17)30-23-12-19(20(25)13-27-23)21-4-3-5-22(31-21)28-15-24(26)10-11-24/h3-5,12-13,16-18,29H,6-11,14-15,26H2,1-2H3,(H,27,30)(H,28,31)/t16-,17?,18?/m1/s1. The van der Waals surface area contributed by atoms with Crippen LogP contribution in [0.4, 0.5) is 11.6 Å². The van der Waals surface area contributed by atoms with Crippen LogP contribution in [0.25, 0.3) is 11.3 Å². The predicted octanol–water partition coefficient (Wildman–Crippen LogP) is 4.05. The molecule has 2 aromatic rings. The zero-order valence-electron chi connectivity index (χ0n) is 19.0. The largest absolute Gasteiger partial charge is 0.383 e. The molecule has 8 heteroatoms. The number of methoxy groups -OCH3 is 1. The fourth-order valence-electron chi connectivity index (χ4n) is 4.32. The minimum Gasteiger partial charge on any atom is -0.383 e. The van der Waals surface area contributed by atoms with Gasteiger partial charge in [0.15, 0.2) is 0 Å². The maximum atomic E-state index is 6.49. The summed E-state index contributed by atoms with van der Waals surface area (Å²) in [6.07, 6.45) is 8.34. The summed E-state index contributed by atoms with van der Waals surface area (Å²) in [6, 6.07) is 9.27. The first kappa shape index (κ1) is 23.2. The molecule has 174 valence electrons. The zero-order chi connectivity index (χ0) is 22.6. The van der Waals surface area contributed by atoms with Crippen LogP contribution < -0.4 is 21.7 Å². The van der Waals surface area contributed by atoms with Gasteiger partial charge in [-0.05, 0) is 63.6 Å². The lowest BCUT2D eigenvalue weighted by molar-refractivity contribution is 0.161. The van der Waals surface area contributed by atoms with Crippen LogP contribution in [0.2, 0.25) is 5.02 Å². The van der Waals surface area contributed by atoms with Crippen molar-refractivity contribution in [1.29, 1.82) is 0 Å². The van der Waals surface area contributed by atoms with Crippen molar-refractivity contribution in [3.63, 3.8) is 0 Å². The van der Waals surface area contributed by atoms with Crippen molar-refractivity contribution >= 4 is 23.2 Å². The Morgan fingerprint density at radius 3 is 2.66 bits per heavy atom. The molecule has 0 radical (unpaired) electrons. The van der Waals surface area contributed by atoms with Gasteiger partial charge in [-0.25, -0.2) is 9.97 Å². The molecule has 0 saturated heterocycles. The highest BCUT2D eigenvalue weighted by molar-refractivity contribution is 6.33. The second-order valence-electron chi connectivity index (χ2n) is 9.39. The number of nitrogens with one attached hydrogen (secondary N) is 3. The smallest absolute Gasteiger partial charge is 0.126 e. The fourth-order valence-corrected chi connectivity index (χ4v) is 4.52. The average molecular weight is 459 g/mol. The van der Waals surface area contributed by atoms with Gasteiger partial charge in [-0.15, -0.1) is 0 Å². The van der Waals surface area contributed by atoms with E-state index in [0.29, 0.717) is 23.1 Å². The van der Waals surface area contributed by atoms with E-state index < -0.39 is 0 Å². The second kappa shape index (κ2) is 10.3. The lowest BCUT2D eigenvalue weighted by atomic mass is 9.90. The van der Waals surface area contributed by atoms with Crippen LogP contribution in [-0.4, -0.2) is 53.9 Å². The lowest BCUT2D eigenvalue weighted by Gasteiger charge is -2.31. The van der Waals surface area contributed by atoms with E-state index in [-0.39, 0.29) is 5.54 Å². The third kappa shape index (κ3) is 6.32. The van der Waals surface area contributed by atoms with Crippen molar-refractivity contribution in [2.75, 3.05) is 30.9 Å². The maximum absolute atomic E-state index is 6.49. The van der Waals surface area contributed by atoms with Gasteiger partial charge in [-0.2, -0.15) is 0 Å². The highest BCUT2D eigenvalue weighted by Gasteiger charge is 2.37. The highest BCUT2D eigenvalue weighted by Crippen LogP contribution is 2.33. The number of hydrogen-bond acceptors (Lipinski definition) is 7. The first-order valence-corrected chi connectivity index (χ1v) is 12.0. The molecule has 32 heavy (non-hydrogen) atoms. The molecule has 0 aliphatic heterocycles. The molecule has 5 N–H and O–H groups in total. The third-order valence-corrected chi connectivity index (χ3v) is 6.71. The van der Waals surface area contributed by atoms with Gasteiger partial charge >= 0.3 is 0 Å². The van der Waals surface area contributed by atoms with Gasteiger partial charge in [0.05, 0.1) is 17.3 Å². The molecule has 2 aliphatic rings. The van der Waals surface area contributed by atoms with Crippen LogP contribution in [0.1, 0.15) is 45.4 Å². The van der Waals surface area contributed by atoms with Crippen molar-refractivity contribution < 1.29 is 4.74 Å². The van der Waals surface area contributed by atoms with Gasteiger partial charge in [0.1, 0.15) is 11.6 Å². The van der Waals surface area contributed by atoms with E-state index in [0.717, 1.165) is 74.6 Å². The predicted molar refractivity (Wildman–Crippen MR) is 131 cm³/mol. The number of rotatable bonds is 10. The number of nitrogens with two attached hydrogens (primary N) is 1. The van der Waals surface area contributed by atoms with Crippen molar-refractivity contribution in [2.45, 2.75) is 69.1 Å². The second-order valence-corrected chi connectivity index (χ2v) is 9.80. The molecule has 2 fully saturated rings. The zero-order valence-corrected chi connectivity index (χ0v) is 19.8. The molecule has 0 bridgehead atoms. The molecule has 2 aliphatic carbocycles. The number of aromatic nitrogens is 2. The van der Waals surface area contributed by atoms with Crippen molar-refractivity contribution in [3.05, 3.63) is 35.5 Å². The Morgan fingerprint density at radius 1 is 1.19 bits per heavy atom. The molecule has 7 nitrogen and oxygen atoms in total. The highest BCUT2D eigenvalue weighted by atomic mass is 35.5. The Kier molecular flexibility index (Phi) is 7.51. The van der Waals surface area contributed by atoms with E-state index in [1.165, 1.54) is 0 Å². The molecule has 1 atom stereocenters. The van der Waals surface area contributed by atoms with Crippen LogP contribution >= 0.6 is 11.6 Å². The molecule has 2 saturated carbocycles. The van der Waals surface area contributed by atoms with Gasteiger partial charge in [-0.3, -0.25) is 0 Å². The quantitative estimate of drug-likeness (QED) is 0.426. The van der Waals surface area contributed by atoms with Crippen molar-refractivity contribution in [3.8, 4) is 11.3 Å². The molecule has 4 rings (SSSR count).